The molecule has 1 fully saturated rings. The topological polar surface area (TPSA) is 62.7 Å². The molecule has 0 saturated carbocycles. The number of aryl methyl sites for hydroxylation is 1. The van der Waals surface area contributed by atoms with Crippen LogP contribution in [0.15, 0.2) is 52.7 Å². The number of halogens is 1. The van der Waals surface area contributed by atoms with Gasteiger partial charge in [0, 0.05) is 47.8 Å². The summed E-state index contributed by atoms with van der Waals surface area (Å²) in [7, 11) is -2.22. The highest BCUT2D eigenvalue weighted by Gasteiger charge is 2.31. The quantitative estimate of drug-likeness (QED) is 0.564. The van der Waals surface area contributed by atoms with Crippen LogP contribution < -0.4 is 9.64 Å². The van der Waals surface area contributed by atoms with Crippen LogP contribution in [-0.2, 0) is 10.0 Å². The monoisotopic (exact) mass is 463 g/mol. The van der Waals surface area contributed by atoms with Crippen molar-refractivity contribution in [3.8, 4) is 17.0 Å². The van der Waals surface area contributed by atoms with Crippen molar-refractivity contribution in [1.82, 2.24) is 9.29 Å². The van der Waals surface area contributed by atoms with Crippen molar-refractivity contribution in [3.05, 3.63) is 57.9 Å². The highest BCUT2D eigenvalue weighted by Crippen LogP contribution is 2.33. The van der Waals surface area contributed by atoms with Crippen LogP contribution in [-0.4, -0.2) is 51.0 Å². The maximum Gasteiger partial charge on any atom is 0.246 e. The predicted octanol–water partition coefficient (Wildman–Crippen LogP) is 4.29. The van der Waals surface area contributed by atoms with E-state index in [9.17, 15) is 8.42 Å². The fraction of sp³-hybridized carbons (Fsp3) is 0.286. The highest BCUT2D eigenvalue weighted by molar-refractivity contribution is 7.89. The van der Waals surface area contributed by atoms with Gasteiger partial charge in [-0.15, -0.1) is 11.3 Å². The molecule has 0 atom stereocenters. The van der Waals surface area contributed by atoms with Crippen molar-refractivity contribution in [2.24, 2.45) is 0 Å². The molecular formula is C21H22ClN3O3S2. The number of nitrogens with zero attached hydrogens (tertiary/aromatic N) is 3. The van der Waals surface area contributed by atoms with E-state index in [2.05, 4.69) is 9.88 Å². The number of hydrogen-bond donors (Lipinski definition) is 0. The van der Waals surface area contributed by atoms with Crippen molar-refractivity contribution < 1.29 is 13.2 Å². The van der Waals surface area contributed by atoms with E-state index in [-0.39, 0.29) is 4.90 Å². The Kier molecular flexibility index (Phi) is 6.02. The fourth-order valence-corrected chi connectivity index (χ4v) is 5.86. The Morgan fingerprint density at radius 1 is 1.07 bits per heavy atom. The fourth-order valence-electron chi connectivity index (χ4n) is 3.51. The Morgan fingerprint density at radius 2 is 1.77 bits per heavy atom. The molecule has 1 aliphatic rings. The minimum absolute atomic E-state index is 0.174. The molecule has 0 spiro atoms. The summed E-state index contributed by atoms with van der Waals surface area (Å²) in [6.07, 6.45) is 0. The first-order valence-corrected chi connectivity index (χ1v) is 12.2. The molecule has 158 valence electrons. The van der Waals surface area contributed by atoms with Crippen LogP contribution in [0, 0.1) is 6.92 Å². The molecule has 0 unspecified atom stereocenters. The van der Waals surface area contributed by atoms with E-state index >= 15 is 0 Å². The van der Waals surface area contributed by atoms with Crippen LogP contribution in [0.3, 0.4) is 0 Å². The molecule has 0 bridgehead atoms. The average Bonchev–Trinajstić information content (AvgIpc) is 3.20. The van der Waals surface area contributed by atoms with Gasteiger partial charge >= 0.3 is 0 Å². The summed E-state index contributed by atoms with van der Waals surface area (Å²) in [6.45, 7) is 3.93. The third-order valence-corrected chi connectivity index (χ3v) is 8.07. The molecule has 3 aromatic rings. The van der Waals surface area contributed by atoms with Gasteiger partial charge in [-0.25, -0.2) is 13.4 Å². The summed E-state index contributed by atoms with van der Waals surface area (Å²) in [5, 5.41) is 3.55. The number of sulfonamides is 1. The largest absolute Gasteiger partial charge is 0.495 e. The van der Waals surface area contributed by atoms with Crippen LogP contribution >= 0.6 is 22.9 Å². The van der Waals surface area contributed by atoms with Gasteiger partial charge in [0.25, 0.3) is 0 Å². The number of benzene rings is 2. The number of piperazine rings is 1. The van der Waals surface area contributed by atoms with Crippen molar-refractivity contribution in [2.45, 2.75) is 11.8 Å². The first kappa shape index (κ1) is 21.1. The van der Waals surface area contributed by atoms with E-state index in [1.165, 1.54) is 22.8 Å². The van der Waals surface area contributed by atoms with Crippen molar-refractivity contribution >= 4 is 38.6 Å². The molecule has 30 heavy (non-hydrogen) atoms. The number of aromatic nitrogens is 1. The number of anilines is 1. The van der Waals surface area contributed by atoms with E-state index in [1.807, 2.05) is 42.6 Å². The molecule has 0 amide bonds. The van der Waals surface area contributed by atoms with Gasteiger partial charge in [-0.2, -0.15) is 4.31 Å². The zero-order chi connectivity index (χ0) is 21.3. The maximum atomic E-state index is 13.4. The van der Waals surface area contributed by atoms with E-state index in [0.717, 1.165) is 22.0 Å². The lowest BCUT2D eigenvalue weighted by atomic mass is 10.2. The van der Waals surface area contributed by atoms with Crippen molar-refractivity contribution in [1.29, 1.82) is 0 Å². The molecule has 0 radical (unpaired) electrons. The molecular weight excluding hydrogens is 442 g/mol. The van der Waals surface area contributed by atoms with Crippen molar-refractivity contribution in [2.75, 3.05) is 38.2 Å². The molecule has 1 aliphatic heterocycles. The number of rotatable bonds is 5. The van der Waals surface area contributed by atoms with Crippen LogP contribution in [0.4, 0.5) is 5.69 Å². The summed E-state index contributed by atoms with van der Waals surface area (Å²) < 4.78 is 33.8. The average molecular weight is 464 g/mol. The Bertz CT molecular complexity index is 1140. The lowest BCUT2D eigenvalue weighted by Gasteiger charge is -2.35. The summed E-state index contributed by atoms with van der Waals surface area (Å²) in [5.41, 5.74) is 2.57. The van der Waals surface area contributed by atoms with Gasteiger partial charge in [0.1, 0.15) is 10.6 Å². The van der Waals surface area contributed by atoms with Crippen LogP contribution in [0.2, 0.25) is 5.02 Å². The molecule has 0 N–H and O–H groups in total. The van der Waals surface area contributed by atoms with E-state index in [1.54, 1.807) is 12.1 Å². The Balaban J connectivity index is 1.58. The second-order valence-corrected chi connectivity index (χ2v) is 10.4. The first-order valence-electron chi connectivity index (χ1n) is 9.50. The minimum Gasteiger partial charge on any atom is -0.495 e. The molecule has 2 aromatic carbocycles. The number of thiazole rings is 1. The molecule has 4 rings (SSSR count). The molecule has 6 nitrogen and oxygen atoms in total. The van der Waals surface area contributed by atoms with Crippen LogP contribution in [0.25, 0.3) is 11.3 Å². The minimum atomic E-state index is -3.70. The van der Waals surface area contributed by atoms with Gasteiger partial charge < -0.3 is 9.64 Å². The Labute approximate surface area is 185 Å². The van der Waals surface area contributed by atoms with Crippen LogP contribution in [0.5, 0.6) is 5.75 Å². The van der Waals surface area contributed by atoms with E-state index < -0.39 is 10.0 Å². The number of ether oxygens (including phenoxy) is 1. The molecule has 1 saturated heterocycles. The summed E-state index contributed by atoms with van der Waals surface area (Å²) in [6, 6.07) is 12.8. The van der Waals surface area contributed by atoms with Gasteiger partial charge in [-0.3, -0.25) is 0 Å². The standard InChI is InChI=1S/C21H22ClN3O3S2/c1-15-23-19(14-29-15)16-3-8-20(28-2)21(13-16)30(26,27)25-11-9-24(10-12-25)18-6-4-17(22)5-7-18/h3-8,13-14H,9-12H2,1-2H3. The lowest BCUT2D eigenvalue weighted by molar-refractivity contribution is 0.374. The predicted molar refractivity (Wildman–Crippen MR) is 121 cm³/mol. The zero-order valence-corrected chi connectivity index (χ0v) is 19.1. The normalized spacial score (nSPS) is 15.4. The van der Waals surface area contributed by atoms with Gasteiger partial charge in [-0.1, -0.05) is 11.6 Å². The van der Waals surface area contributed by atoms with Crippen LogP contribution in [0.1, 0.15) is 5.01 Å². The molecule has 0 aliphatic carbocycles. The number of methoxy groups -OCH3 is 1. The molecule has 9 heteroatoms. The summed E-state index contributed by atoms with van der Waals surface area (Å²) in [5.74, 6) is 0.339. The SMILES string of the molecule is COc1ccc(-c2csc(C)n2)cc1S(=O)(=O)N1CCN(c2ccc(Cl)cc2)CC1. The second kappa shape index (κ2) is 8.55. The summed E-state index contributed by atoms with van der Waals surface area (Å²) >= 11 is 7.50. The smallest absolute Gasteiger partial charge is 0.246 e. The van der Waals surface area contributed by atoms with Gasteiger partial charge in [-0.05, 0) is 49.4 Å². The molecule has 1 aromatic heterocycles. The van der Waals surface area contributed by atoms with E-state index in [0.29, 0.717) is 37.0 Å². The van der Waals surface area contributed by atoms with Gasteiger partial charge in [0.05, 0.1) is 17.8 Å². The number of hydrogen-bond acceptors (Lipinski definition) is 6. The van der Waals surface area contributed by atoms with Gasteiger partial charge in [0.2, 0.25) is 10.0 Å². The maximum absolute atomic E-state index is 13.4. The third kappa shape index (κ3) is 4.18. The molecule has 2 heterocycles. The summed E-state index contributed by atoms with van der Waals surface area (Å²) in [4.78, 5) is 6.81. The Morgan fingerprint density at radius 3 is 2.37 bits per heavy atom. The third-order valence-electron chi connectivity index (χ3n) is 5.13. The van der Waals surface area contributed by atoms with Crippen molar-refractivity contribution in [3.63, 3.8) is 0 Å². The second-order valence-electron chi connectivity index (χ2n) is 6.98. The van der Waals surface area contributed by atoms with Gasteiger partial charge in [0.15, 0.2) is 0 Å². The first-order chi connectivity index (χ1) is 14.4. The Hall–Kier alpha value is -2.13. The van der Waals surface area contributed by atoms with E-state index in [4.69, 9.17) is 16.3 Å². The highest BCUT2D eigenvalue weighted by atomic mass is 35.5. The zero-order valence-electron chi connectivity index (χ0n) is 16.7. The lowest BCUT2D eigenvalue weighted by Crippen LogP contribution is -2.48.